The predicted octanol–water partition coefficient (Wildman–Crippen LogP) is 3.14. The second kappa shape index (κ2) is 6.99. The predicted molar refractivity (Wildman–Crippen MR) is 96.7 cm³/mol. The Morgan fingerprint density at radius 1 is 1.08 bits per heavy atom. The van der Waals surface area contributed by atoms with Gasteiger partial charge in [-0.1, -0.05) is 36.4 Å². The molecule has 0 bridgehead atoms. The van der Waals surface area contributed by atoms with Crippen LogP contribution >= 0.6 is 0 Å². The van der Waals surface area contributed by atoms with Crippen molar-refractivity contribution in [3.05, 3.63) is 60.2 Å². The van der Waals surface area contributed by atoms with E-state index in [4.69, 9.17) is 9.47 Å². The molecular weight excluding hydrogens is 316 g/mol. The first-order valence-electron chi connectivity index (χ1n) is 8.44. The van der Waals surface area contributed by atoms with Gasteiger partial charge in [0.1, 0.15) is 0 Å². The summed E-state index contributed by atoms with van der Waals surface area (Å²) >= 11 is 0. The molecular formula is C20H20N2O3. The highest BCUT2D eigenvalue weighted by atomic mass is 16.7. The second-order valence-corrected chi connectivity index (χ2v) is 6.20. The average Bonchev–Trinajstić information content (AvgIpc) is 3.11. The number of nitrogens with one attached hydrogen (secondary N) is 1. The van der Waals surface area contributed by atoms with Gasteiger partial charge in [0, 0.05) is 24.8 Å². The Labute approximate surface area is 146 Å². The number of carbonyl (C=O) groups excluding carboxylic acids is 1. The van der Waals surface area contributed by atoms with Gasteiger partial charge in [0.25, 0.3) is 0 Å². The highest BCUT2D eigenvalue weighted by Gasteiger charge is 2.17. The van der Waals surface area contributed by atoms with E-state index < -0.39 is 0 Å². The molecule has 0 radical (unpaired) electrons. The molecule has 0 spiro atoms. The largest absolute Gasteiger partial charge is 0.454 e. The van der Waals surface area contributed by atoms with Gasteiger partial charge >= 0.3 is 0 Å². The molecule has 0 unspecified atom stereocenters. The zero-order valence-corrected chi connectivity index (χ0v) is 13.9. The minimum Gasteiger partial charge on any atom is -0.454 e. The minimum atomic E-state index is -0.0181. The first-order chi connectivity index (χ1) is 12.3. The summed E-state index contributed by atoms with van der Waals surface area (Å²) in [6.07, 6.45) is 3.17. The van der Waals surface area contributed by atoms with Crippen LogP contribution < -0.4 is 14.8 Å². The quantitative estimate of drug-likeness (QED) is 0.932. The number of benzene rings is 2. The molecule has 1 N–H and O–H groups in total. The molecule has 0 fully saturated rings. The van der Waals surface area contributed by atoms with Crippen LogP contribution in [0, 0.1) is 0 Å². The van der Waals surface area contributed by atoms with E-state index in [1.54, 1.807) is 6.07 Å². The van der Waals surface area contributed by atoms with E-state index in [9.17, 15) is 4.79 Å². The first kappa shape index (κ1) is 15.7. The molecule has 2 heterocycles. The zero-order valence-electron chi connectivity index (χ0n) is 13.9. The summed E-state index contributed by atoms with van der Waals surface area (Å²) in [5, 5.41) is 2.92. The molecule has 0 saturated carbocycles. The summed E-state index contributed by atoms with van der Waals surface area (Å²) in [7, 11) is 0. The highest BCUT2D eigenvalue weighted by molar-refractivity contribution is 5.92. The van der Waals surface area contributed by atoms with E-state index in [0.29, 0.717) is 18.0 Å². The number of carbonyl (C=O) groups is 1. The Morgan fingerprint density at radius 3 is 2.72 bits per heavy atom. The van der Waals surface area contributed by atoms with Crippen LogP contribution in [0.2, 0.25) is 0 Å². The lowest BCUT2D eigenvalue weighted by molar-refractivity contribution is -0.117. The highest BCUT2D eigenvalue weighted by Crippen LogP contribution is 2.34. The van der Waals surface area contributed by atoms with E-state index in [1.807, 2.05) is 18.2 Å². The SMILES string of the molecule is O=C(CN1CC=C(c2ccccc2)CC1)Nc1ccc2c(c1)OCO2. The van der Waals surface area contributed by atoms with Gasteiger partial charge in [-0.2, -0.15) is 0 Å². The second-order valence-electron chi connectivity index (χ2n) is 6.20. The van der Waals surface area contributed by atoms with Gasteiger partial charge in [0.05, 0.1) is 6.54 Å². The number of ether oxygens (including phenoxy) is 2. The van der Waals surface area contributed by atoms with E-state index >= 15 is 0 Å². The zero-order chi connectivity index (χ0) is 17.1. The number of hydrogen-bond acceptors (Lipinski definition) is 4. The molecule has 2 aliphatic rings. The molecule has 0 aliphatic carbocycles. The maximum atomic E-state index is 12.3. The minimum absolute atomic E-state index is 0.0181. The van der Waals surface area contributed by atoms with Crippen molar-refractivity contribution < 1.29 is 14.3 Å². The lowest BCUT2D eigenvalue weighted by Gasteiger charge is -2.25. The van der Waals surface area contributed by atoms with Crippen molar-refractivity contribution in [2.24, 2.45) is 0 Å². The standard InChI is InChI=1S/C20H20N2O3/c23-20(21-17-6-7-18-19(12-17)25-14-24-18)13-22-10-8-16(9-11-22)15-4-2-1-3-5-15/h1-8,12H,9-11,13-14H2,(H,21,23). The fourth-order valence-corrected chi connectivity index (χ4v) is 3.15. The number of fused-ring (bicyclic) bond motifs is 1. The van der Waals surface area contributed by atoms with Crippen molar-refractivity contribution in [2.45, 2.75) is 6.42 Å². The van der Waals surface area contributed by atoms with Gasteiger partial charge in [0.2, 0.25) is 12.7 Å². The van der Waals surface area contributed by atoms with Crippen LogP contribution in [-0.2, 0) is 4.79 Å². The van der Waals surface area contributed by atoms with Crippen molar-refractivity contribution in [3.8, 4) is 11.5 Å². The normalized spacial score (nSPS) is 16.4. The smallest absolute Gasteiger partial charge is 0.238 e. The van der Waals surface area contributed by atoms with Crippen molar-refractivity contribution in [1.82, 2.24) is 4.90 Å². The molecule has 25 heavy (non-hydrogen) atoms. The molecule has 5 heteroatoms. The van der Waals surface area contributed by atoms with E-state index in [-0.39, 0.29) is 12.7 Å². The Bertz CT molecular complexity index is 802. The molecule has 0 aromatic heterocycles. The molecule has 2 aliphatic heterocycles. The first-order valence-corrected chi connectivity index (χ1v) is 8.44. The van der Waals surface area contributed by atoms with Gasteiger partial charge in [-0.15, -0.1) is 0 Å². The monoisotopic (exact) mass is 336 g/mol. The van der Waals surface area contributed by atoms with Crippen molar-refractivity contribution in [1.29, 1.82) is 0 Å². The van der Waals surface area contributed by atoms with E-state index in [0.717, 1.165) is 25.2 Å². The third-order valence-electron chi connectivity index (χ3n) is 4.46. The summed E-state index contributed by atoms with van der Waals surface area (Å²) < 4.78 is 10.6. The molecule has 128 valence electrons. The number of amides is 1. The maximum absolute atomic E-state index is 12.3. The van der Waals surface area contributed by atoms with Crippen LogP contribution in [0.25, 0.3) is 5.57 Å². The number of hydrogen-bond donors (Lipinski definition) is 1. The number of rotatable bonds is 4. The van der Waals surface area contributed by atoms with Crippen LogP contribution in [0.5, 0.6) is 11.5 Å². The van der Waals surface area contributed by atoms with Crippen LogP contribution in [-0.4, -0.2) is 37.2 Å². The summed E-state index contributed by atoms with van der Waals surface area (Å²) in [6.45, 7) is 2.29. The van der Waals surface area contributed by atoms with Crippen LogP contribution in [0.15, 0.2) is 54.6 Å². The molecule has 1 amide bonds. The van der Waals surface area contributed by atoms with E-state index in [2.05, 4.69) is 40.6 Å². The Kier molecular flexibility index (Phi) is 4.39. The van der Waals surface area contributed by atoms with Crippen LogP contribution in [0.3, 0.4) is 0 Å². The van der Waals surface area contributed by atoms with Gasteiger partial charge in [-0.05, 0) is 29.7 Å². The lowest BCUT2D eigenvalue weighted by atomic mass is 10.00. The van der Waals surface area contributed by atoms with Gasteiger partial charge in [0.15, 0.2) is 11.5 Å². The van der Waals surface area contributed by atoms with Crippen molar-refractivity contribution >= 4 is 17.2 Å². The van der Waals surface area contributed by atoms with E-state index in [1.165, 1.54) is 11.1 Å². The summed E-state index contributed by atoms with van der Waals surface area (Å²) in [4.78, 5) is 14.4. The maximum Gasteiger partial charge on any atom is 0.238 e. The topological polar surface area (TPSA) is 50.8 Å². The van der Waals surface area contributed by atoms with Gasteiger partial charge in [-0.25, -0.2) is 0 Å². The molecule has 2 aromatic rings. The molecule has 0 saturated heterocycles. The van der Waals surface area contributed by atoms with Crippen molar-refractivity contribution in [3.63, 3.8) is 0 Å². The van der Waals surface area contributed by atoms with Gasteiger partial charge < -0.3 is 14.8 Å². The summed E-state index contributed by atoms with van der Waals surface area (Å²) in [6, 6.07) is 15.8. The third kappa shape index (κ3) is 3.67. The fraction of sp³-hybridized carbons (Fsp3) is 0.250. The molecule has 0 atom stereocenters. The Hall–Kier alpha value is -2.79. The Balaban J connectivity index is 1.32. The summed E-state index contributed by atoms with van der Waals surface area (Å²) in [5.74, 6) is 1.37. The van der Waals surface area contributed by atoms with Crippen LogP contribution in [0.4, 0.5) is 5.69 Å². The molecule has 2 aromatic carbocycles. The lowest BCUT2D eigenvalue weighted by Crippen LogP contribution is -2.36. The number of anilines is 1. The van der Waals surface area contributed by atoms with Gasteiger partial charge in [-0.3, -0.25) is 9.69 Å². The van der Waals surface area contributed by atoms with Crippen molar-refractivity contribution in [2.75, 3.05) is 31.7 Å². The third-order valence-corrected chi connectivity index (χ3v) is 4.46. The Morgan fingerprint density at radius 2 is 1.92 bits per heavy atom. The fourth-order valence-electron chi connectivity index (χ4n) is 3.15. The average molecular weight is 336 g/mol. The molecule has 5 nitrogen and oxygen atoms in total. The van der Waals surface area contributed by atoms with Crippen LogP contribution in [0.1, 0.15) is 12.0 Å². The molecule has 4 rings (SSSR count). The number of nitrogens with zero attached hydrogens (tertiary/aromatic N) is 1. The summed E-state index contributed by atoms with van der Waals surface area (Å²) in [5.41, 5.74) is 3.35.